The molecule has 0 bridgehead atoms. The van der Waals surface area contributed by atoms with Crippen molar-refractivity contribution in [1.29, 1.82) is 0 Å². The molecule has 0 aliphatic heterocycles. The molecule has 3 aromatic rings. The molecular weight excluding hydrogens is 345 g/mol. The van der Waals surface area contributed by atoms with E-state index in [1.54, 1.807) is 36.7 Å². The first-order valence-corrected chi connectivity index (χ1v) is 7.49. The van der Waals surface area contributed by atoms with Crippen LogP contribution in [0.1, 0.15) is 15.9 Å². The first-order valence-electron chi connectivity index (χ1n) is 7.49. The van der Waals surface area contributed by atoms with Crippen molar-refractivity contribution in [3.8, 4) is 11.1 Å². The van der Waals surface area contributed by atoms with Gasteiger partial charge in [0, 0.05) is 29.2 Å². The molecule has 0 aliphatic carbocycles. The number of rotatable bonds is 3. The first kappa shape index (κ1) is 17.4. The molecule has 0 spiro atoms. The molecule has 26 heavy (non-hydrogen) atoms. The van der Waals surface area contributed by atoms with Gasteiger partial charge in [0.25, 0.3) is 5.91 Å². The number of nitrogens with zero attached hydrogens (tertiary/aromatic N) is 2. The van der Waals surface area contributed by atoms with Gasteiger partial charge in [-0.05, 0) is 35.9 Å². The summed E-state index contributed by atoms with van der Waals surface area (Å²) in [7, 11) is 0. The molecule has 132 valence electrons. The predicted octanol–water partition coefficient (Wildman–Crippen LogP) is 4.00. The minimum atomic E-state index is -4.50. The molecule has 0 radical (unpaired) electrons. The highest BCUT2D eigenvalue weighted by molar-refractivity contribution is 6.04. The topological polar surface area (TPSA) is 80.9 Å². The van der Waals surface area contributed by atoms with Crippen LogP contribution in [-0.4, -0.2) is 15.9 Å². The molecular formula is C18H13F3N4O. The standard InChI is InChI=1S/C18H13F3N4O/c19-18(20,21)14-3-1-2-12(8-14)16(26)25-15-6-4-11(5-7-15)13-9-23-17(22)24-10-13/h1-10H,(H,25,26)(H2,22,23,24). The zero-order chi connectivity index (χ0) is 18.7. The largest absolute Gasteiger partial charge is 0.416 e. The number of hydrogen-bond acceptors (Lipinski definition) is 4. The number of amides is 1. The second-order valence-electron chi connectivity index (χ2n) is 5.44. The highest BCUT2D eigenvalue weighted by atomic mass is 19.4. The number of carbonyl (C=O) groups is 1. The number of halogens is 3. The van der Waals surface area contributed by atoms with E-state index in [1.165, 1.54) is 12.1 Å². The highest BCUT2D eigenvalue weighted by Crippen LogP contribution is 2.29. The summed E-state index contributed by atoms with van der Waals surface area (Å²) in [6.45, 7) is 0. The molecule has 0 aliphatic rings. The van der Waals surface area contributed by atoms with E-state index in [4.69, 9.17) is 5.73 Å². The van der Waals surface area contributed by atoms with Crippen LogP contribution in [0.2, 0.25) is 0 Å². The smallest absolute Gasteiger partial charge is 0.368 e. The Kier molecular flexibility index (Phi) is 4.57. The quantitative estimate of drug-likeness (QED) is 0.742. The first-order chi connectivity index (χ1) is 12.3. The summed E-state index contributed by atoms with van der Waals surface area (Å²) in [5.74, 6) is -0.460. The number of alkyl halides is 3. The molecule has 3 rings (SSSR count). The van der Waals surface area contributed by atoms with Crippen LogP contribution >= 0.6 is 0 Å². The summed E-state index contributed by atoms with van der Waals surface area (Å²) in [4.78, 5) is 20.0. The van der Waals surface area contributed by atoms with E-state index in [2.05, 4.69) is 15.3 Å². The van der Waals surface area contributed by atoms with Gasteiger partial charge in [0.05, 0.1) is 5.56 Å². The van der Waals surface area contributed by atoms with Gasteiger partial charge in [0.2, 0.25) is 5.95 Å². The lowest BCUT2D eigenvalue weighted by Crippen LogP contribution is -2.13. The number of carbonyl (C=O) groups excluding carboxylic acids is 1. The lowest BCUT2D eigenvalue weighted by molar-refractivity contribution is -0.137. The Hall–Kier alpha value is -3.42. The van der Waals surface area contributed by atoms with Gasteiger partial charge in [-0.2, -0.15) is 13.2 Å². The van der Waals surface area contributed by atoms with Crippen molar-refractivity contribution in [3.05, 3.63) is 72.1 Å². The van der Waals surface area contributed by atoms with Crippen molar-refractivity contribution in [3.63, 3.8) is 0 Å². The number of aromatic nitrogens is 2. The fraction of sp³-hybridized carbons (Fsp3) is 0.0556. The number of nitrogens with one attached hydrogen (secondary N) is 1. The monoisotopic (exact) mass is 358 g/mol. The van der Waals surface area contributed by atoms with Crippen LogP contribution in [0.15, 0.2) is 60.9 Å². The van der Waals surface area contributed by atoms with E-state index >= 15 is 0 Å². The van der Waals surface area contributed by atoms with Gasteiger partial charge >= 0.3 is 6.18 Å². The summed E-state index contributed by atoms with van der Waals surface area (Å²) in [6, 6.07) is 11.0. The maximum atomic E-state index is 12.7. The third-order valence-electron chi connectivity index (χ3n) is 3.60. The van der Waals surface area contributed by atoms with Crippen molar-refractivity contribution in [2.75, 3.05) is 11.1 Å². The summed E-state index contributed by atoms with van der Waals surface area (Å²) >= 11 is 0. The third kappa shape index (κ3) is 3.97. The van der Waals surface area contributed by atoms with E-state index in [0.717, 1.165) is 23.3 Å². The molecule has 0 unspecified atom stereocenters. The van der Waals surface area contributed by atoms with E-state index < -0.39 is 17.6 Å². The Morgan fingerprint density at radius 3 is 2.23 bits per heavy atom. The summed E-state index contributed by atoms with van der Waals surface area (Å²) in [5.41, 5.74) is 6.50. The van der Waals surface area contributed by atoms with Gasteiger partial charge in [-0.3, -0.25) is 4.79 Å². The highest BCUT2D eigenvalue weighted by Gasteiger charge is 2.30. The van der Waals surface area contributed by atoms with Crippen molar-refractivity contribution >= 4 is 17.5 Å². The lowest BCUT2D eigenvalue weighted by atomic mass is 10.1. The molecule has 8 heteroatoms. The summed E-state index contributed by atoms with van der Waals surface area (Å²) < 4.78 is 38.2. The fourth-order valence-electron chi connectivity index (χ4n) is 2.27. The molecule has 0 saturated carbocycles. The number of nitrogen functional groups attached to an aromatic ring is 1. The Bertz CT molecular complexity index is 922. The summed E-state index contributed by atoms with van der Waals surface area (Å²) in [5, 5.41) is 2.57. The normalized spacial score (nSPS) is 11.2. The molecule has 3 N–H and O–H groups in total. The zero-order valence-electron chi connectivity index (χ0n) is 13.3. The average molecular weight is 358 g/mol. The number of benzene rings is 2. The second-order valence-corrected chi connectivity index (χ2v) is 5.44. The number of anilines is 2. The maximum Gasteiger partial charge on any atom is 0.416 e. The predicted molar refractivity (Wildman–Crippen MR) is 91.3 cm³/mol. The van der Waals surface area contributed by atoms with E-state index in [9.17, 15) is 18.0 Å². The molecule has 1 heterocycles. The van der Waals surface area contributed by atoms with Crippen LogP contribution in [-0.2, 0) is 6.18 Å². The van der Waals surface area contributed by atoms with Crippen molar-refractivity contribution < 1.29 is 18.0 Å². The minimum absolute atomic E-state index is 0.0733. The van der Waals surface area contributed by atoms with Gasteiger partial charge in [0.1, 0.15) is 0 Å². The van der Waals surface area contributed by atoms with Crippen LogP contribution in [0.3, 0.4) is 0 Å². The fourth-order valence-corrected chi connectivity index (χ4v) is 2.27. The zero-order valence-corrected chi connectivity index (χ0v) is 13.3. The van der Waals surface area contributed by atoms with Gasteiger partial charge < -0.3 is 11.1 Å². The second kappa shape index (κ2) is 6.83. The Labute approximate surface area is 146 Å². The van der Waals surface area contributed by atoms with Crippen molar-refractivity contribution in [2.45, 2.75) is 6.18 Å². The van der Waals surface area contributed by atoms with E-state index in [0.29, 0.717) is 5.69 Å². The van der Waals surface area contributed by atoms with E-state index in [1.807, 2.05) is 0 Å². The molecule has 0 saturated heterocycles. The minimum Gasteiger partial charge on any atom is -0.368 e. The maximum absolute atomic E-state index is 12.7. The summed E-state index contributed by atoms with van der Waals surface area (Å²) in [6.07, 6.45) is -1.36. The van der Waals surface area contributed by atoms with Crippen LogP contribution in [0.4, 0.5) is 24.8 Å². The molecule has 2 aromatic carbocycles. The molecule has 1 aromatic heterocycles. The third-order valence-corrected chi connectivity index (χ3v) is 3.60. The van der Waals surface area contributed by atoms with Crippen LogP contribution in [0, 0.1) is 0 Å². The lowest BCUT2D eigenvalue weighted by Gasteiger charge is -2.10. The van der Waals surface area contributed by atoms with Crippen LogP contribution in [0.5, 0.6) is 0 Å². The molecule has 0 fully saturated rings. The molecule has 1 amide bonds. The SMILES string of the molecule is Nc1ncc(-c2ccc(NC(=O)c3cccc(C(F)(F)F)c3)cc2)cn1. The Morgan fingerprint density at radius 2 is 1.62 bits per heavy atom. The molecule has 5 nitrogen and oxygen atoms in total. The molecule has 0 atom stereocenters. The van der Waals surface area contributed by atoms with Gasteiger partial charge in [-0.1, -0.05) is 18.2 Å². The van der Waals surface area contributed by atoms with Gasteiger partial charge in [-0.25, -0.2) is 9.97 Å². The number of hydrogen-bond donors (Lipinski definition) is 2. The van der Waals surface area contributed by atoms with Crippen LogP contribution in [0.25, 0.3) is 11.1 Å². The van der Waals surface area contributed by atoms with Crippen molar-refractivity contribution in [1.82, 2.24) is 9.97 Å². The van der Waals surface area contributed by atoms with Crippen LogP contribution < -0.4 is 11.1 Å². The van der Waals surface area contributed by atoms with Crippen molar-refractivity contribution in [2.24, 2.45) is 0 Å². The Morgan fingerprint density at radius 1 is 0.962 bits per heavy atom. The van der Waals surface area contributed by atoms with Gasteiger partial charge in [-0.15, -0.1) is 0 Å². The Balaban J connectivity index is 1.75. The number of nitrogens with two attached hydrogens (primary N) is 1. The van der Waals surface area contributed by atoms with E-state index in [-0.39, 0.29) is 11.5 Å². The average Bonchev–Trinajstić information content (AvgIpc) is 2.62. The van der Waals surface area contributed by atoms with Gasteiger partial charge in [0.15, 0.2) is 0 Å².